The second-order valence-corrected chi connectivity index (χ2v) is 6.50. The molecule has 1 aliphatic heterocycles. The number of hydrogen-bond donors (Lipinski definition) is 0. The van der Waals surface area contributed by atoms with E-state index >= 15 is 0 Å². The van der Waals surface area contributed by atoms with E-state index in [9.17, 15) is 13.6 Å². The van der Waals surface area contributed by atoms with Crippen LogP contribution in [0, 0.1) is 0 Å². The Morgan fingerprint density at radius 2 is 1.96 bits per heavy atom. The highest BCUT2D eigenvalue weighted by Crippen LogP contribution is 2.38. The Morgan fingerprint density at radius 1 is 1.29 bits per heavy atom. The minimum Gasteiger partial charge on any atom is -0.348 e. The molecule has 10 heteroatoms. The van der Waals surface area contributed by atoms with Gasteiger partial charge in [0.15, 0.2) is 6.29 Å². The third-order valence-corrected chi connectivity index (χ3v) is 5.21. The lowest BCUT2D eigenvalue weighted by molar-refractivity contribution is -0.135. The summed E-state index contributed by atoms with van der Waals surface area (Å²) in [6, 6.07) is 1.57. The molecule has 152 valence electrons. The molecule has 3 heterocycles. The highest BCUT2D eigenvalue weighted by molar-refractivity contribution is 6.06. The Hall–Kier alpha value is -2.46. The summed E-state index contributed by atoms with van der Waals surface area (Å²) in [6.07, 6.45) is 1.29. The Labute approximate surface area is 161 Å². The molecule has 0 bridgehead atoms. The van der Waals surface area contributed by atoms with Crippen molar-refractivity contribution in [2.24, 2.45) is 0 Å². The van der Waals surface area contributed by atoms with Crippen molar-refractivity contribution in [3.8, 4) is 0 Å². The van der Waals surface area contributed by atoms with E-state index in [0.717, 1.165) is 0 Å². The van der Waals surface area contributed by atoms with Gasteiger partial charge in [-0.3, -0.25) is 9.48 Å². The van der Waals surface area contributed by atoms with Crippen LogP contribution in [0.1, 0.15) is 49.2 Å². The van der Waals surface area contributed by atoms with Crippen LogP contribution in [-0.4, -0.2) is 52.4 Å². The second kappa shape index (κ2) is 8.27. The lowest BCUT2D eigenvalue weighted by Crippen LogP contribution is -2.46. The molecule has 0 saturated carbocycles. The first kappa shape index (κ1) is 20.3. The molecule has 1 amide bonds. The Morgan fingerprint density at radius 3 is 2.50 bits per heavy atom. The van der Waals surface area contributed by atoms with Crippen molar-refractivity contribution in [1.82, 2.24) is 20.0 Å². The lowest BCUT2D eigenvalue weighted by atomic mass is 9.91. The minimum atomic E-state index is -2.90. The number of aromatic nitrogens is 4. The summed E-state index contributed by atoms with van der Waals surface area (Å²) in [5.74, 6) is -0.607. The van der Waals surface area contributed by atoms with Gasteiger partial charge >= 0.3 is 0 Å². The summed E-state index contributed by atoms with van der Waals surface area (Å²) < 4.78 is 40.7. The van der Waals surface area contributed by atoms with Crippen LogP contribution in [0.25, 0.3) is 0 Å². The average molecular weight is 395 g/mol. The molecule has 0 atom stereocenters. The Balaban J connectivity index is 2.05. The number of halogens is 2. The molecule has 0 aliphatic carbocycles. The molecule has 0 radical (unpaired) electrons. The maximum absolute atomic E-state index is 14.1. The molecule has 28 heavy (non-hydrogen) atoms. The molecule has 1 fully saturated rings. The van der Waals surface area contributed by atoms with Crippen molar-refractivity contribution >= 4 is 11.6 Å². The molecule has 0 unspecified atom stereocenters. The van der Waals surface area contributed by atoms with Crippen LogP contribution in [0.3, 0.4) is 0 Å². The predicted octanol–water partition coefficient (Wildman–Crippen LogP) is 2.78. The molecule has 1 saturated heterocycles. The van der Waals surface area contributed by atoms with Gasteiger partial charge in [-0.25, -0.2) is 8.78 Å². The summed E-state index contributed by atoms with van der Waals surface area (Å²) >= 11 is 0. The van der Waals surface area contributed by atoms with E-state index in [2.05, 4.69) is 15.3 Å². The molecule has 3 rings (SSSR count). The first-order valence-corrected chi connectivity index (χ1v) is 9.10. The molecule has 2 aromatic heterocycles. The third kappa shape index (κ3) is 3.37. The summed E-state index contributed by atoms with van der Waals surface area (Å²) in [6.45, 7) is 4.51. The zero-order valence-electron chi connectivity index (χ0n) is 16.0. The number of carbonyl (C=O) groups is 1. The maximum atomic E-state index is 14.1. The fourth-order valence-corrected chi connectivity index (χ4v) is 3.52. The van der Waals surface area contributed by atoms with E-state index in [0.29, 0.717) is 31.7 Å². The number of rotatable bonds is 7. The quantitative estimate of drug-likeness (QED) is 0.717. The molecule has 0 N–H and O–H groups in total. The number of alkyl halides is 2. The third-order valence-electron chi connectivity index (χ3n) is 5.21. The largest absolute Gasteiger partial charge is 0.348 e. The number of ether oxygens (including phenoxy) is 2. The molecular weight excluding hydrogens is 372 g/mol. The predicted molar refractivity (Wildman–Crippen MR) is 96.2 cm³/mol. The van der Waals surface area contributed by atoms with Gasteiger partial charge < -0.3 is 14.4 Å². The summed E-state index contributed by atoms with van der Waals surface area (Å²) in [7, 11) is 1.49. The second-order valence-electron chi connectivity index (χ2n) is 6.50. The fourth-order valence-electron chi connectivity index (χ4n) is 3.52. The highest BCUT2D eigenvalue weighted by atomic mass is 19.3. The zero-order valence-corrected chi connectivity index (χ0v) is 16.0. The van der Waals surface area contributed by atoms with Gasteiger partial charge in [0, 0.05) is 7.05 Å². The number of carbonyl (C=O) groups excluding carboxylic acids is 1. The van der Waals surface area contributed by atoms with Crippen LogP contribution >= 0.6 is 0 Å². The lowest BCUT2D eigenvalue weighted by Gasteiger charge is -2.37. The van der Waals surface area contributed by atoms with Crippen molar-refractivity contribution < 1.29 is 23.0 Å². The van der Waals surface area contributed by atoms with Gasteiger partial charge in [0.25, 0.3) is 12.3 Å². The molecule has 2 aromatic rings. The van der Waals surface area contributed by atoms with Crippen molar-refractivity contribution in [3.63, 3.8) is 0 Å². The number of amides is 1. The SMILES string of the molecule is CCC(CC)(C1OCCO1)n1ncc(C(=O)N(C)c2ccnnc2)c1C(F)F. The van der Waals surface area contributed by atoms with Gasteiger partial charge in [0.05, 0.1) is 43.1 Å². The minimum absolute atomic E-state index is 0.168. The van der Waals surface area contributed by atoms with E-state index < -0.39 is 29.9 Å². The van der Waals surface area contributed by atoms with E-state index in [1.54, 1.807) is 6.07 Å². The van der Waals surface area contributed by atoms with Crippen LogP contribution in [0.15, 0.2) is 24.7 Å². The molecular formula is C18H23F2N5O3. The van der Waals surface area contributed by atoms with Gasteiger partial charge in [-0.05, 0) is 18.9 Å². The maximum Gasteiger partial charge on any atom is 0.280 e. The van der Waals surface area contributed by atoms with Gasteiger partial charge in [0.1, 0.15) is 11.2 Å². The first-order chi connectivity index (χ1) is 13.5. The van der Waals surface area contributed by atoms with E-state index in [4.69, 9.17) is 9.47 Å². The monoisotopic (exact) mass is 395 g/mol. The number of anilines is 1. The van der Waals surface area contributed by atoms with Crippen LogP contribution < -0.4 is 4.90 Å². The van der Waals surface area contributed by atoms with E-state index in [1.807, 2.05) is 13.8 Å². The Kier molecular flexibility index (Phi) is 5.99. The molecule has 1 aliphatic rings. The topological polar surface area (TPSA) is 82.4 Å². The first-order valence-electron chi connectivity index (χ1n) is 9.10. The van der Waals surface area contributed by atoms with Crippen LogP contribution in [0.4, 0.5) is 14.5 Å². The van der Waals surface area contributed by atoms with Crippen LogP contribution in [-0.2, 0) is 15.0 Å². The van der Waals surface area contributed by atoms with Gasteiger partial charge in [0.2, 0.25) is 0 Å². The zero-order chi connectivity index (χ0) is 20.3. The van der Waals surface area contributed by atoms with Crippen molar-refractivity contribution in [1.29, 1.82) is 0 Å². The van der Waals surface area contributed by atoms with Gasteiger partial charge in [-0.2, -0.15) is 15.3 Å². The normalized spacial score (nSPS) is 15.4. The molecule has 0 spiro atoms. The number of nitrogens with zero attached hydrogens (tertiary/aromatic N) is 5. The molecule has 0 aromatic carbocycles. The van der Waals surface area contributed by atoms with Gasteiger partial charge in [-0.15, -0.1) is 0 Å². The smallest absolute Gasteiger partial charge is 0.280 e. The number of hydrogen-bond acceptors (Lipinski definition) is 6. The molecule has 8 nitrogen and oxygen atoms in total. The van der Waals surface area contributed by atoms with Crippen molar-refractivity contribution in [3.05, 3.63) is 35.9 Å². The summed E-state index contributed by atoms with van der Waals surface area (Å²) in [5.41, 5.74) is -1.11. The van der Waals surface area contributed by atoms with Crippen molar-refractivity contribution in [2.45, 2.75) is 44.9 Å². The van der Waals surface area contributed by atoms with Gasteiger partial charge in [-0.1, -0.05) is 13.8 Å². The van der Waals surface area contributed by atoms with E-state index in [-0.39, 0.29) is 5.56 Å². The van der Waals surface area contributed by atoms with Crippen LogP contribution in [0.2, 0.25) is 0 Å². The summed E-state index contributed by atoms with van der Waals surface area (Å²) in [4.78, 5) is 14.2. The van der Waals surface area contributed by atoms with Crippen molar-refractivity contribution in [2.75, 3.05) is 25.2 Å². The van der Waals surface area contributed by atoms with Crippen LogP contribution in [0.5, 0.6) is 0 Å². The Bertz CT molecular complexity index is 805. The highest BCUT2D eigenvalue weighted by Gasteiger charge is 2.45. The standard InChI is InChI=1S/C18H23F2N5O3/c1-4-18(5-2,17-27-8-9-28-17)25-14(15(19)20)13(11-23-25)16(26)24(3)12-6-7-21-22-10-12/h6-7,10-11,15,17H,4-5,8-9H2,1-3H3. The summed E-state index contributed by atoms with van der Waals surface area (Å²) in [5, 5.41) is 11.6. The van der Waals surface area contributed by atoms with E-state index in [1.165, 1.54) is 35.2 Å². The average Bonchev–Trinajstić information content (AvgIpc) is 3.40. The fraction of sp³-hybridized carbons (Fsp3) is 0.556.